The lowest BCUT2D eigenvalue weighted by molar-refractivity contribution is -0.00209. The summed E-state index contributed by atoms with van der Waals surface area (Å²) in [6.45, 7) is 5.81. The summed E-state index contributed by atoms with van der Waals surface area (Å²) in [5.41, 5.74) is 9.05. The molecule has 0 aliphatic heterocycles. The number of anilines is 2. The molecule has 6 aromatic heterocycles. The fraction of sp³-hybridized carbons (Fsp3) is 0.420. The van der Waals surface area contributed by atoms with E-state index in [9.17, 15) is 33.4 Å². The maximum Gasteiger partial charge on any atom is 0.406 e. The molecule has 2 saturated carbocycles. The zero-order valence-electron chi connectivity index (χ0n) is 40.9. The number of fused-ring (bicyclic) bond motifs is 2. The number of hydrogen-bond acceptors (Lipinski definition) is 15. The Kier molecular flexibility index (Phi) is 17.5. The Balaban J connectivity index is 0.000000236. The first-order valence-electron chi connectivity index (χ1n) is 23.4. The standard InChI is InChI=1S/C26H30FN7O4.C24H28FN7O2.ClH/c1-26(2,37)23(27)14-30-24(35)19-13-29-21(22-5-4-18-8-16(10-28)12-32-34(18)22)9-20(19)33-17-6-15(7-17)11-31-25(36)38-3;1-24(2,34)22(25)13-29-23(33)18-12-28-20(8-19(18)31-16-5-14(6-16)9-26)21-4-3-17-7-15(10-27)11-30-32(17)21;/h4-5,8-9,12-13,15,17,23,37H,6-7,11,14H2,1-3H3,(H,29,33)(H,30,35)(H,31,36);3-4,7-8,11-12,14,16,22,34H,5-6,9,13,26H2,1-2H3,(H,28,31)(H,29,33);1H/t15?,17?,23-;14?,16?,22-;/m11./s1. The molecule has 2 aliphatic carbocycles. The quantitative estimate of drug-likeness (QED) is 0.0573. The molecule has 73 heavy (non-hydrogen) atoms. The fourth-order valence-electron chi connectivity index (χ4n) is 8.16. The molecule has 2 atom stereocenters. The first-order chi connectivity index (χ1) is 34.3. The molecule has 20 nitrogen and oxygen atoms in total. The van der Waals surface area contributed by atoms with Gasteiger partial charge in [0.05, 0.1) is 111 Å². The summed E-state index contributed by atoms with van der Waals surface area (Å²) < 4.78 is 36.3. The van der Waals surface area contributed by atoms with Gasteiger partial charge in [0, 0.05) is 31.0 Å². The van der Waals surface area contributed by atoms with Crippen molar-refractivity contribution in [2.45, 2.75) is 89.0 Å². The van der Waals surface area contributed by atoms with Gasteiger partial charge in [0.15, 0.2) is 0 Å². The zero-order valence-corrected chi connectivity index (χ0v) is 41.7. The van der Waals surface area contributed by atoms with Crippen molar-refractivity contribution in [2.75, 3.05) is 43.9 Å². The molecule has 2 fully saturated rings. The lowest BCUT2D eigenvalue weighted by Crippen LogP contribution is -2.43. The van der Waals surface area contributed by atoms with Gasteiger partial charge in [0.2, 0.25) is 0 Å². The minimum Gasteiger partial charge on any atom is -0.453 e. The number of nitrogens with one attached hydrogen (secondary N) is 5. The van der Waals surface area contributed by atoms with E-state index in [-0.39, 0.29) is 54.6 Å². The smallest absolute Gasteiger partial charge is 0.406 e. The average molecular weight is 1030 g/mol. The molecule has 0 saturated heterocycles. The lowest BCUT2D eigenvalue weighted by Gasteiger charge is -2.37. The Labute approximate surface area is 426 Å². The van der Waals surface area contributed by atoms with Gasteiger partial charge in [-0.15, -0.1) is 12.4 Å². The van der Waals surface area contributed by atoms with Crippen LogP contribution in [-0.2, 0) is 4.74 Å². The van der Waals surface area contributed by atoms with Crippen molar-refractivity contribution in [3.63, 3.8) is 0 Å². The van der Waals surface area contributed by atoms with Crippen LogP contribution in [0.2, 0.25) is 0 Å². The maximum absolute atomic E-state index is 14.2. The Bertz CT molecular complexity index is 3020. The molecule has 0 spiro atoms. The maximum atomic E-state index is 14.2. The Morgan fingerprint density at radius 3 is 1.53 bits per heavy atom. The Morgan fingerprint density at radius 1 is 0.726 bits per heavy atom. The number of alkyl carbamates (subject to hydrolysis) is 1. The summed E-state index contributed by atoms with van der Waals surface area (Å²) in [7, 11) is 1.31. The van der Waals surface area contributed by atoms with E-state index in [0.717, 1.165) is 36.7 Å². The van der Waals surface area contributed by atoms with Crippen LogP contribution in [-0.4, -0.2) is 126 Å². The third kappa shape index (κ3) is 13.3. The molecule has 0 unspecified atom stereocenters. The minimum atomic E-state index is -1.65. The van der Waals surface area contributed by atoms with Gasteiger partial charge in [-0.2, -0.15) is 20.7 Å². The normalized spacial score (nSPS) is 17.9. The predicted octanol–water partition coefficient (Wildman–Crippen LogP) is 5.33. The van der Waals surface area contributed by atoms with Crippen molar-refractivity contribution < 1.29 is 38.1 Å². The monoisotopic (exact) mass is 1020 g/mol. The molecule has 0 aromatic carbocycles. The van der Waals surface area contributed by atoms with Crippen LogP contribution in [0.5, 0.6) is 0 Å². The molecule has 23 heteroatoms. The van der Waals surface area contributed by atoms with Crippen molar-refractivity contribution >= 4 is 52.7 Å². The van der Waals surface area contributed by atoms with Crippen LogP contribution in [0.15, 0.2) is 73.3 Å². The molecule has 0 bridgehead atoms. The summed E-state index contributed by atoms with van der Waals surface area (Å²) in [4.78, 5) is 46.1. The highest BCUT2D eigenvalue weighted by atomic mass is 35.5. The fourth-order valence-corrected chi connectivity index (χ4v) is 8.16. The van der Waals surface area contributed by atoms with Crippen LogP contribution in [0.25, 0.3) is 33.8 Å². The van der Waals surface area contributed by atoms with Crippen molar-refractivity contribution in [2.24, 2.45) is 17.6 Å². The van der Waals surface area contributed by atoms with Crippen molar-refractivity contribution in [3.8, 4) is 34.9 Å². The molecule has 2 aliphatic rings. The van der Waals surface area contributed by atoms with E-state index >= 15 is 0 Å². The minimum absolute atomic E-state index is 0. The van der Waals surface area contributed by atoms with Crippen LogP contribution >= 0.6 is 12.4 Å². The lowest BCUT2D eigenvalue weighted by atomic mass is 9.80. The van der Waals surface area contributed by atoms with Gasteiger partial charge >= 0.3 is 6.09 Å². The highest BCUT2D eigenvalue weighted by Gasteiger charge is 2.33. The number of nitrogens with two attached hydrogens (primary N) is 1. The number of hydrogen-bond donors (Lipinski definition) is 8. The first-order valence-corrected chi connectivity index (χ1v) is 23.4. The molecule has 8 rings (SSSR count). The number of alkyl halides is 2. The van der Waals surface area contributed by atoms with Crippen LogP contribution in [0.1, 0.15) is 85.2 Å². The number of nitrogens with zero attached hydrogens (tertiary/aromatic N) is 8. The van der Waals surface area contributed by atoms with Crippen molar-refractivity contribution in [3.05, 3.63) is 95.6 Å². The van der Waals surface area contributed by atoms with Crippen LogP contribution < -0.4 is 32.3 Å². The number of nitriles is 2. The Morgan fingerprint density at radius 2 is 1.15 bits per heavy atom. The van der Waals surface area contributed by atoms with E-state index in [1.54, 1.807) is 33.3 Å². The first kappa shape index (κ1) is 54.8. The number of halogens is 3. The summed E-state index contributed by atoms with van der Waals surface area (Å²) >= 11 is 0. The highest BCUT2D eigenvalue weighted by molar-refractivity contribution is 6.00. The van der Waals surface area contributed by atoms with E-state index < -0.39 is 41.5 Å². The van der Waals surface area contributed by atoms with Gasteiger partial charge in [-0.1, -0.05) is 0 Å². The number of carbonyl (C=O) groups is 3. The van der Waals surface area contributed by atoms with Crippen molar-refractivity contribution in [1.29, 1.82) is 10.5 Å². The largest absolute Gasteiger partial charge is 0.453 e. The van der Waals surface area contributed by atoms with Gasteiger partial charge in [-0.25, -0.2) is 22.6 Å². The summed E-state index contributed by atoms with van der Waals surface area (Å²) in [5, 5.41) is 61.1. The molecule has 6 heterocycles. The molecular weight excluding hydrogens is 966 g/mol. The molecule has 9 N–H and O–H groups in total. The molecular formula is C50H59ClF2N14O6. The van der Waals surface area contributed by atoms with E-state index in [0.29, 0.717) is 64.3 Å². The highest BCUT2D eigenvalue weighted by Crippen LogP contribution is 2.34. The van der Waals surface area contributed by atoms with Gasteiger partial charge < -0.3 is 47.3 Å². The number of amides is 3. The second-order valence-electron chi connectivity index (χ2n) is 19.2. The number of aromatic nitrogens is 6. The number of ether oxygens (including phenoxy) is 1. The molecule has 6 aromatic rings. The number of aliphatic hydroxyl groups is 2. The summed E-state index contributed by atoms with van der Waals surface area (Å²) in [6.07, 6.45) is 5.38. The second-order valence-corrected chi connectivity index (χ2v) is 19.2. The average Bonchev–Trinajstić information content (AvgIpc) is 3.97. The van der Waals surface area contributed by atoms with Gasteiger partial charge in [0.25, 0.3) is 11.8 Å². The Hall–Kier alpha value is -7.50. The van der Waals surface area contributed by atoms with Crippen LogP contribution in [0, 0.1) is 34.5 Å². The topological polar surface area (TPSA) is 295 Å². The molecule has 3 amide bonds. The second kappa shape index (κ2) is 23.4. The van der Waals surface area contributed by atoms with Gasteiger partial charge in [-0.3, -0.25) is 19.6 Å². The van der Waals surface area contributed by atoms with Crippen molar-refractivity contribution in [1.82, 2.24) is 45.1 Å². The number of carbonyl (C=O) groups excluding carboxylic acids is 3. The van der Waals surface area contributed by atoms with Crippen LogP contribution in [0.3, 0.4) is 0 Å². The number of pyridine rings is 2. The SMILES string of the molecule is CC(C)(O)[C@H](F)CNC(=O)c1cnc(-c2ccc3cc(C#N)cnn23)cc1NC1CC(CN)C1.COC(=O)NCC1CC(Nc2cc(-c3ccc4cc(C#N)cnn34)ncc2C(=O)NC[C@@H](F)C(C)(C)O)C1.Cl. The summed E-state index contributed by atoms with van der Waals surface area (Å²) in [5.74, 6) is -0.306. The number of methoxy groups -OCH3 is 1. The summed E-state index contributed by atoms with van der Waals surface area (Å²) in [6, 6.07) is 18.6. The zero-order chi connectivity index (χ0) is 51.9. The van der Waals surface area contributed by atoms with Crippen LogP contribution in [0.4, 0.5) is 25.0 Å². The number of rotatable bonds is 17. The van der Waals surface area contributed by atoms with Gasteiger partial charge in [0.1, 0.15) is 24.5 Å². The predicted molar refractivity (Wildman–Crippen MR) is 270 cm³/mol. The van der Waals surface area contributed by atoms with E-state index in [1.165, 1.54) is 59.6 Å². The third-order valence-electron chi connectivity index (χ3n) is 12.7. The molecule has 0 radical (unpaired) electrons. The third-order valence-corrected chi connectivity index (χ3v) is 12.7. The molecule has 386 valence electrons. The van der Waals surface area contributed by atoms with Gasteiger partial charge in [-0.05, 0) is 120 Å². The van der Waals surface area contributed by atoms with E-state index in [4.69, 9.17) is 16.3 Å². The van der Waals surface area contributed by atoms with E-state index in [1.807, 2.05) is 24.3 Å². The van der Waals surface area contributed by atoms with E-state index in [2.05, 4.69) is 63.6 Å².